The highest BCUT2D eigenvalue weighted by Crippen LogP contribution is 2.24. The van der Waals surface area contributed by atoms with Crippen LogP contribution >= 0.6 is 11.3 Å². The van der Waals surface area contributed by atoms with Crippen molar-refractivity contribution in [1.29, 1.82) is 0 Å². The lowest BCUT2D eigenvalue weighted by Gasteiger charge is -2.25. The van der Waals surface area contributed by atoms with Gasteiger partial charge < -0.3 is 30.3 Å². The normalized spacial score (nSPS) is 20.2. The maximum absolute atomic E-state index is 13.0. The number of thiazole rings is 1. The predicted molar refractivity (Wildman–Crippen MR) is 115 cm³/mol. The molecule has 3 heterocycles. The summed E-state index contributed by atoms with van der Waals surface area (Å²) in [5.41, 5.74) is 0.240. The number of nitrogens with zero attached hydrogens (tertiary/aromatic N) is 3. The fourth-order valence-electron chi connectivity index (χ4n) is 3.50. The number of fused-ring (bicyclic) bond motifs is 1. The zero-order valence-electron chi connectivity index (χ0n) is 18.4. The van der Waals surface area contributed by atoms with Crippen molar-refractivity contribution < 1.29 is 24.2 Å². The van der Waals surface area contributed by atoms with Gasteiger partial charge in [0.15, 0.2) is 5.01 Å². The molecular formula is C20H31N5O5S. The lowest BCUT2D eigenvalue weighted by molar-refractivity contribution is -0.132. The van der Waals surface area contributed by atoms with E-state index in [1.165, 1.54) is 16.2 Å². The van der Waals surface area contributed by atoms with Crippen LogP contribution in [0.2, 0.25) is 0 Å². The standard InChI is InChI=1S/C20H31N5O5S/c1-20(2,3)30-19(29)21-9-14(18(28)25-8-5-12(26)10-25)22-16(27)17-23-13-6-7-24(4)11-15(13)31-17/h12,14,26H,5-11H2,1-4H3,(H,21,29)(H,22,27). The molecule has 2 unspecified atom stereocenters. The van der Waals surface area contributed by atoms with E-state index in [-0.39, 0.29) is 19.0 Å². The first-order valence-electron chi connectivity index (χ1n) is 10.4. The van der Waals surface area contributed by atoms with Gasteiger partial charge >= 0.3 is 6.09 Å². The highest BCUT2D eigenvalue weighted by atomic mass is 32.1. The van der Waals surface area contributed by atoms with E-state index in [1.807, 2.05) is 7.05 Å². The summed E-state index contributed by atoms with van der Waals surface area (Å²) in [6, 6.07) is -0.992. The van der Waals surface area contributed by atoms with E-state index in [9.17, 15) is 19.5 Å². The summed E-state index contributed by atoms with van der Waals surface area (Å²) in [5, 5.41) is 15.3. The summed E-state index contributed by atoms with van der Waals surface area (Å²) in [6.45, 7) is 7.33. The number of aliphatic hydroxyl groups excluding tert-OH is 1. The van der Waals surface area contributed by atoms with Crippen LogP contribution in [0.15, 0.2) is 0 Å². The number of hydrogen-bond acceptors (Lipinski definition) is 8. The fraction of sp³-hybridized carbons (Fsp3) is 0.700. The van der Waals surface area contributed by atoms with E-state index in [1.54, 1.807) is 20.8 Å². The number of hydrogen-bond donors (Lipinski definition) is 3. The van der Waals surface area contributed by atoms with Crippen LogP contribution in [0.25, 0.3) is 0 Å². The second-order valence-corrected chi connectivity index (χ2v) is 10.1. The average Bonchev–Trinajstić information content (AvgIpc) is 3.28. The molecule has 1 saturated heterocycles. The van der Waals surface area contributed by atoms with Crippen molar-refractivity contribution in [2.24, 2.45) is 0 Å². The van der Waals surface area contributed by atoms with Gasteiger partial charge in [-0.3, -0.25) is 9.59 Å². The molecule has 2 atom stereocenters. The molecule has 0 saturated carbocycles. The number of amides is 3. The molecule has 3 N–H and O–H groups in total. The number of β-amino-alcohol motifs (C(OH)–C–C–N with tert-alkyl or cyclic N) is 1. The van der Waals surface area contributed by atoms with Gasteiger partial charge in [-0.1, -0.05) is 0 Å². The van der Waals surface area contributed by atoms with E-state index in [2.05, 4.69) is 20.5 Å². The topological polar surface area (TPSA) is 124 Å². The molecule has 2 aliphatic heterocycles. The van der Waals surface area contributed by atoms with Crippen molar-refractivity contribution in [3.05, 3.63) is 15.6 Å². The third-order valence-electron chi connectivity index (χ3n) is 5.04. The maximum atomic E-state index is 13.0. The van der Waals surface area contributed by atoms with Crippen LogP contribution < -0.4 is 10.6 Å². The van der Waals surface area contributed by atoms with Gasteiger partial charge in [0.25, 0.3) is 5.91 Å². The van der Waals surface area contributed by atoms with Crippen molar-refractivity contribution in [2.75, 3.05) is 33.2 Å². The summed E-state index contributed by atoms with van der Waals surface area (Å²) < 4.78 is 5.22. The molecule has 0 radical (unpaired) electrons. The van der Waals surface area contributed by atoms with Gasteiger partial charge in [-0.05, 0) is 34.2 Å². The molecule has 1 aromatic rings. The number of alkyl carbamates (subject to hydrolysis) is 1. The molecule has 31 heavy (non-hydrogen) atoms. The Kier molecular flexibility index (Phi) is 7.17. The van der Waals surface area contributed by atoms with Crippen LogP contribution in [-0.2, 0) is 22.5 Å². The minimum Gasteiger partial charge on any atom is -0.444 e. The lowest BCUT2D eigenvalue weighted by atomic mass is 10.2. The molecule has 172 valence electrons. The number of ether oxygens (including phenoxy) is 1. The van der Waals surface area contributed by atoms with Gasteiger partial charge in [-0.2, -0.15) is 0 Å². The minimum absolute atomic E-state index is 0.125. The molecule has 3 amide bonds. The molecule has 11 heteroatoms. The number of nitrogens with one attached hydrogen (secondary N) is 2. The Morgan fingerprint density at radius 2 is 2.06 bits per heavy atom. The number of rotatable bonds is 5. The molecule has 1 aromatic heterocycles. The Bertz CT molecular complexity index is 836. The van der Waals surface area contributed by atoms with E-state index in [0.717, 1.165) is 30.1 Å². The van der Waals surface area contributed by atoms with Crippen LogP contribution in [0.5, 0.6) is 0 Å². The Hall–Kier alpha value is -2.24. The summed E-state index contributed by atoms with van der Waals surface area (Å²) in [5.74, 6) is -0.812. The van der Waals surface area contributed by atoms with E-state index in [4.69, 9.17) is 4.74 Å². The van der Waals surface area contributed by atoms with Gasteiger partial charge in [0.1, 0.15) is 11.6 Å². The Morgan fingerprint density at radius 3 is 2.71 bits per heavy atom. The van der Waals surface area contributed by atoms with Crippen molar-refractivity contribution in [3.8, 4) is 0 Å². The first-order valence-corrected chi connectivity index (χ1v) is 11.2. The molecule has 1 fully saturated rings. The van der Waals surface area contributed by atoms with Gasteiger partial charge in [-0.25, -0.2) is 9.78 Å². The molecule has 0 spiro atoms. The van der Waals surface area contributed by atoms with Crippen LogP contribution in [0.1, 0.15) is 47.6 Å². The zero-order valence-corrected chi connectivity index (χ0v) is 19.3. The smallest absolute Gasteiger partial charge is 0.407 e. The van der Waals surface area contributed by atoms with Crippen molar-refractivity contribution in [3.63, 3.8) is 0 Å². The number of carbonyl (C=O) groups excluding carboxylic acids is 3. The third-order valence-corrected chi connectivity index (χ3v) is 6.13. The molecule has 2 aliphatic rings. The number of carbonyl (C=O) groups is 3. The number of likely N-dealkylation sites (tertiary alicyclic amines) is 1. The van der Waals surface area contributed by atoms with Crippen LogP contribution in [0.4, 0.5) is 4.79 Å². The maximum Gasteiger partial charge on any atom is 0.407 e. The highest BCUT2D eigenvalue weighted by Gasteiger charge is 2.33. The molecule has 10 nitrogen and oxygen atoms in total. The molecule has 0 bridgehead atoms. The van der Waals surface area contributed by atoms with E-state index >= 15 is 0 Å². The average molecular weight is 454 g/mol. The molecule has 0 aromatic carbocycles. The van der Waals surface area contributed by atoms with Gasteiger partial charge in [0.2, 0.25) is 5.91 Å². The highest BCUT2D eigenvalue weighted by molar-refractivity contribution is 7.13. The number of aromatic nitrogens is 1. The first-order chi connectivity index (χ1) is 14.5. The third kappa shape index (κ3) is 6.37. The zero-order chi connectivity index (χ0) is 22.8. The van der Waals surface area contributed by atoms with Crippen LogP contribution in [0, 0.1) is 0 Å². The monoisotopic (exact) mass is 453 g/mol. The fourth-order valence-corrected chi connectivity index (χ4v) is 4.59. The van der Waals surface area contributed by atoms with E-state index in [0.29, 0.717) is 18.0 Å². The minimum atomic E-state index is -0.992. The van der Waals surface area contributed by atoms with Crippen molar-refractivity contribution in [2.45, 2.75) is 57.9 Å². The summed E-state index contributed by atoms with van der Waals surface area (Å²) in [6.07, 6.45) is 0.0122. The quantitative estimate of drug-likeness (QED) is 0.588. The summed E-state index contributed by atoms with van der Waals surface area (Å²) >= 11 is 1.32. The Labute approximate surface area is 185 Å². The van der Waals surface area contributed by atoms with Crippen molar-refractivity contribution >= 4 is 29.2 Å². The Balaban J connectivity index is 1.69. The van der Waals surface area contributed by atoms with Crippen LogP contribution in [0.3, 0.4) is 0 Å². The summed E-state index contributed by atoms with van der Waals surface area (Å²) in [4.78, 5) is 47.1. The molecular weight excluding hydrogens is 422 g/mol. The van der Waals surface area contributed by atoms with Gasteiger partial charge in [0, 0.05) is 37.5 Å². The predicted octanol–water partition coefficient (Wildman–Crippen LogP) is 0.347. The second-order valence-electron chi connectivity index (χ2n) is 9.01. The van der Waals surface area contributed by atoms with E-state index < -0.39 is 29.7 Å². The first kappa shape index (κ1) is 23.4. The van der Waals surface area contributed by atoms with Crippen molar-refractivity contribution in [1.82, 2.24) is 25.4 Å². The van der Waals surface area contributed by atoms with Crippen LogP contribution in [-0.4, -0.2) is 88.8 Å². The molecule has 3 rings (SSSR count). The van der Waals surface area contributed by atoms with Gasteiger partial charge in [0.05, 0.1) is 18.3 Å². The SMILES string of the molecule is CN1CCc2nc(C(=O)NC(CNC(=O)OC(C)(C)C)C(=O)N3CCC(O)C3)sc2C1. The second kappa shape index (κ2) is 9.49. The number of likely N-dealkylation sites (N-methyl/N-ethyl adjacent to an activating group) is 1. The van der Waals surface area contributed by atoms with Gasteiger partial charge in [-0.15, -0.1) is 11.3 Å². The molecule has 0 aliphatic carbocycles. The summed E-state index contributed by atoms with van der Waals surface area (Å²) in [7, 11) is 2.02. The largest absolute Gasteiger partial charge is 0.444 e. The lowest BCUT2D eigenvalue weighted by Crippen LogP contribution is -2.53. The Morgan fingerprint density at radius 1 is 1.32 bits per heavy atom. The number of aliphatic hydroxyl groups is 1.